The number of unbranched alkanes of at least 4 members (excludes halogenated alkanes) is 1. The second-order valence-corrected chi connectivity index (χ2v) is 11.2. The lowest BCUT2D eigenvalue weighted by molar-refractivity contribution is 0.112. The minimum Gasteiger partial charge on any atom is -0.506 e. The van der Waals surface area contributed by atoms with Crippen LogP contribution in [0, 0.1) is 6.92 Å². The highest BCUT2D eigenvalue weighted by atomic mass is 32.1. The zero-order chi connectivity index (χ0) is 32.0. The van der Waals surface area contributed by atoms with Crippen molar-refractivity contribution in [1.29, 1.82) is 0 Å². The number of aromatic nitrogens is 1. The predicted molar refractivity (Wildman–Crippen MR) is 184 cm³/mol. The third-order valence-corrected chi connectivity index (χ3v) is 8.09. The molecule has 3 N–H and O–H groups in total. The van der Waals surface area contributed by atoms with Crippen LogP contribution in [-0.4, -0.2) is 49.0 Å². The molecule has 0 aliphatic heterocycles. The number of hydrogen-bond acceptors (Lipinski definition) is 9. The first-order valence-corrected chi connectivity index (χ1v) is 16.2. The first-order valence-electron chi connectivity index (χ1n) is 14.5. The van der Waals surface area contributed by atoms with Crippen molar-refractivity contribution in [3.63, 3.8) is 0 Å². The number of pyridine rings is 1. The van der Waals surface area contributed by atoms with E-state index in [-0.39, 0.29) is 0 Å². The molecule has 3 heterocycles. The van der Waals surface area contributed by atoms with Crippen LogP contribution < -0.4 is 10.7 Å². The highest BCUT2D eigenvalue weighted by Crippen LogP contribution is 2.39. The SMILES string of the molecule is CC.CCCCc1cc(-c2scc(/C(C)=N/NC)c2O)ccc1C.CNCCc1ccncc1.O=Cc1ccc(C=O)s1. The summed E-state index contributed by atoms with van der Waals surface area (Å²) in [6, 6.07) is 13.8. The number of aryl methyl sites for hydroxylation is 2. The lowest BCUT2D eigenvalue weighted by Gasteiger charge is -2.08. The molecule has 4 rings (SSSR count). The summed E-state index contributed by atoms with van der Waals surface area (Å²) in [5.41, 5.74) is 9.47. The number of nitrogens with one attached hydrogen (secondary N) is 2. The summed E-state index contributed by atoms with van der Waals surface area (Å²) in [6.07, 6.45) is 9.68. The van der Waals surface area contributed by atoms with Gasteiger partial charge >= 0.3 is 0 Å². The third-order valence-electron chi connectivity index (χ3n) is 6.14. The largest absolute Gasteiger partial charge is 0.506 e. The van der Waals surface area contributed by atoms with Gasteiger partial charge in [0.05, 0.1) is 25.9 Å². The Morgan fingerprint density at radius 2 is 1.65 bits per heavy atom. The van der Waals surface area contributed by atoms with Crippen LogP contribution in [0.2, 0.25) is 0 Å². The molecular weight excluding hydrogens is 577 g/mol. The van der Waals surface area contributed by atoms with E-state index in [1.807, 2.05) is 57.7 Å². The van der Waals surface area contributed by atoms with E-state index >= 15 is 0 Å². The number of likely N-dealkylation sites (N-methyl/N-ethyl adjacent to an activating group) is 1. The molecule has 0 amide bonds. The monoisotopic (exact) mass is 622 g/mol. The molecule has 0 unspecified atom stereocenters. The standard InChI is InChI=1S/C18H24N2OS.C8H12N2.C6H4O2S.C2H6/c1-5-6-7-14-10-15(9-8-12(14)2)18-17(21)16(11-22-18)13(3)20-19-4;1-9-5-2-8-3-6-10-7-4-8;7-3-5-1-2-6(4-8)9-5;1-2/h8-11,19,21H,5-7H2,1-4H3;3-4,6-7,9H,2,5H2,1H3;1-4H;1-2H3/b20-13+;;;. The van der Waals surface area contributed by atoms with Crippen molar-refractivity contribution in [3.05, 3.63) is 92.2 Å². The third kappa shape index (κ3) is 13.0. The van der Waals surface area contributed by atoms with Crippen molar-refractivity contribution in [2.24, 2.45) is 5.10 Å². The van der Waals surface area contributed by atoms with E-state index in [9.17, 15) is 14.7 Å². The molecule has 0 aliphatic rings. The van der Waals surface area contributed by atoms with Gasteiger partial charge in [-0.2, -0.15) is 5.10 Å². The van der Waals surface area contributed by atoms with Crippen LogP contribution in [0.25, 0.3) is 10.4 Å². The topological polar surface area (TPSA) is 104 Å². The fraction of sp³-hybridized carbons (Fsp3) is 0.353. The van der Waals surface area contributed by atoms with Gasteiger partial charge in [0.15, 0.2) is 12.6 Å². The van der Waals surface area contributed by atoms with Crippen molar-refractivity contribution in [2.75, 3.05) is 20.6 Å². The van der Waals surface area contributed by atoms with E-state index in [2.05, 4.69) is 52.9 Å². The first kappa shape index (κ1) is 37.4. The second-order valence-electron chi connectivity index (χ2n) is 9.18. The van der Waals surface area contributed by atoms with E-state index < -0.39 is 0 Å². The average Bonchev–Trinajstić information content (AvgIpc) is 3.68. The Bertz CT molecular complexity index is 1360. The van der Waals surface area contributed by atoms with E-state index in [0.29, 0.717) is 15.5 Å². The molecule has 43 heavy (non-hydrogen) atoms. The molecule has 7 nitrogen and oxygen atoms in total. The molecule has 0 atom stereocenters. The number of aromatic hydroxyl groups is 1. The van der Waals surface area contributed by atoms with Gasteiger partial charge in [0.1, 0.15) is 5.75 Å². The molecule has 232 valence electrons. The van der Waals surface area contributed by atoms with E-state index in [1.165, 1.54) is 40.9 Å². The number of carbonyl (C=O) groups excluding carboxylic acids is 2. The second kappa shape index (κ2) is 22.0. The molecule has 0 saturated carbocycles. The Labute approximate surface area is 265 Å². The molecule has 0 spiro atoms. The van der Waals surface area contributed by atoms with Crippen molar-refractivity contribution < 1.29 is 14.7 Å². The lowest BCUT2D eigenvalue weighted by Crippen LogP contribution is -2.10. The normalized spacial score (nSPS) is 10.3. The van der Waals surface area contributed by atoms with Crippen LogP contribution in [0.5, 0.6) is 5.75 Å². The van der Waals surface area contributed by atoms with Crippen LogP contribution in [0.15, 0.2) is 65.3 Å². The van der Waals surface area contributed by atoms with Gasteiger partial charge in [-0.3, -0.25) is 14.6 Å². The van der Waals surface area contributed by atoms with Gasteiger partial charge in [-0.15, -0.1) is 22.7 Å². The number of carbonyl (C=O) groups is 2. The Morgan fingerprint density at radius 3 is 2.19 bits per heavy atom. The molecule has 9 heteroatoms. The summed E-state index contributed by atoms with van der Waals surface area (Å²) in [4.78, 5) is 26.1. The molecule has 1 aromatic carbocycles. The smallest absolute Gasteiger partial charge is 0.160 e. The Hall–Kier alpha value is -3.66. The van der Waals surface area contributed by atoms with Gasteiger partial charge in [-0.25, -0.2) is 0 Å². The summed E-state index contributed by atoms with van der Waals surface area (Å²) in [5, 5.41) is 19.7. The van der Waals surface area contributed by atoms with E-state index in [1.54, 1.807) is 30.5 Å². The number of aldehydes is 2. The van der Waals surface area contributed by atoms with Crippen LogP contribution in [0.3, 0.4) is 0 Å². The van der Waals surface area contributed by atoms with Gasteiger partial charge in [0.2, 0.25) is 0 Å². The molecule has 0 saturated heterocycles. The minimum absolute atomic E-state index is 0.326. The van der Waals surface area contributed by atoms with Gasteiger partial charge < -0.3 is 15.8 Å². The molecule has 0 aliphatic carbocycles. The fourth-order valence-electron chi connectivity index (χ4n) is 3.80. The van der Waals surface area contributed by atoms with Gasteiger partial charge in [0.25, 0.3) is 0 Å². The predicted octanol–water partition coefficient (Wildman–Crippen LogP) is 7.96. The number of nitrogens with zero attached hydrogens (tertiary/aromatic N) is 2. The van der Waals surface area contributed by atoms with Gasteiger partial charge in [-0.1, -0.05) is 39.3 Å². The maximum absolute atomic E-state index is 10.5. The maximum Gasteiger partial charge on any atom is 0.160 e. The molecule has 4 aromatic rings. The number of hydrogen-bond donors (Lipinski definition) is 3. The van der Waals surface area contributed by atoms with Gasteiger partial charge in [-0.05, 0) is 99.3 Å². The van der Waals surface area contributed by atoms with Crippen molar-refractivity contribution in [3.8, 4) is 16.2 Å². The van der Waals surface area contributed by atoms with E-state index in [4.69, 9.17) is 0 Å². The quantitative estimate of drug-likeness (QED) is 0.0891. The maximum atomic E-state index is 10.5. The van der Waals surface area contributed by atoms with Crippen molar-refractivity contribution in [1.82, 2.24) is 15.7 Å². The zero-order valence-corrected chi connectivity index (χ0v) is 28.1. The first-order chi connectivity index (χ1) is 20.9. The summed E-state index contributed by atoms with van der Waals surface area (Å²) < 4.78 is 0. The number of rotatable bonds is 11. The molecule has 3 aromatic heterocycles. The zero-order valence-electron chi connectivity index (χ0n) is 26.4. The number of hydrazone groups is 1. The van der Waals surface area contributed by atoms with Crippen LogP contribution in [0.4, 0.5) is 0 Å². The minimum atomic E-state index is 0.326. The Kier molecular flexibility index (Phi) is 19.1. The van der Waals surface area contributed by atoms with E-state index in [0.717, 1.165) is 53.7 Å². The van der Waals surface area contributed by atoms with Crippen LogP contribution >= 0.6 is 22.7 Å². The summed E-state index contributed by atoms with van der Waals surface area (Å²) in [5.74, 6) is 0.326. The molecule has 0 radical (unpaired) electrons. The Morgan fingerprint density at radius 1 is 1.00 bits per heavy atom. The van der Waals surface area contributed by atoms with Crippen molar-refractivity contribution >= 4 is 41.0 Å². The van der Waals surface area contributed by atoms with Gasteiger partial charge in [0, 0.05) is 24.8 Å². The summed E-state index contributed by atoms with van der Waals surface area (Å²) in [6.45, 7) is 11.3. The number of thiophene rings is 2. The highest BCUT2D eigenvalue weighted by molar-refractivity contribution is 7.15. The average molecular weight is 623 g/mol. The van der Waals surface area contributed by atoms with Crippen molar-refractivity contribution in [2.45, 2.75) is 60.3 Å². The lowest BCUT2D eigenvalue weighted by atomic mass is 9.99. The number of benzene rings is 1. The van der Waals surface area contributed by atoms with Crippen LogP contribution in [0.1, 0.15) is 82.1 Å². The summed E-state index contributed by atoms with van der Waals surface area (Å²) >= 11 is 2.76. The van der Waals surface area contributed by atoms with Crippen LogP contribution in [-0.2, 0) is 12.8 Å². The molecular formula is C34H46N4O3S2. The highest BCUT2D eigenvalue weighted by Gasteiger charge is 2.15. The fourth-order valence-corrected chi connectivity index (χ4v) is 5.45. The Balaban J connectivity index is 0.000000363. The molecule has 0 fully saturated rings. The summed E-state index contributed by atoms with van der Waals surface area (Å²) in [7, 11) is 3.72. The molecule has 0 bridgehead atoms.